The highest BCUT2D eigenvalue weighted by Crippen LogP contribution is 2.27. The van der Waals surface area contributed by atoms with E-state index in [1.807, 2.05) is 20.8 Å². The molecule has 9 heteroatoms. The molecule has 0 saturated carbocycles. The number of halogens is 1. The van der Waals surface area contributed by atoms with Crippen LogP contribution in [0, 0.1) is 19.7 Å². The maximum Gasteiger partial charge on any atom is 0.264 e. The van der Waals surface area contributed by atoms with Gasteiger partial charge in [-0.3, -0.25) is 13.9 Å². The van der Waals surface area contributed by atoms with Gasteiger partial charge in [0.25, 0.3) is 10.0 Å². The van der Waals surface area contributed by atoms with Gasteiger partial charge in [-0.1, -0.05) is 61.9 Å². The van der Waals surface area contributed by atoms with E-state index >= 15 is 0 Å². The van der Waals surface area contributed by atoms with Crippen molar-refractivity contribution in [1.82, 2.24) is 10.2 Å². The zero-order chi connectivity index (χ0) is 29.4. The molecule has 0 aliphatic heterocycles. The van der Waals surface area contributed by atoms with E-state index in [9.17, 15) is 22.4 Å². The molecular formula is C31H38FN3O4S. The second-order valence-electron chi connectivity index (χ2n) is 10.0. The first-order valence-electron chi connectivity index (χ1n) is 13.5. The van der Waals surface area contributed by atoms with Crippen LogP contribution in [0.15, 0.2) is 77.7 Å². The summed E-state index contributed by atoms with van der Waals surface area (Å²) in [5, 5.41) is 2.94. The molecule has 0 aliphatic carbocycles. The number of amides is 2. The number of sulfonamides is 1. The Balaban J connectivity index is 2.06. The highest BCUT2D eigenvalue weighted by Gasteiger charge is 2.34. The van der Waals surface area contributed by atoms with E-state index in [2.05, 4.69) is 5.32 Å². The Morgan fingerprint density at radius 2 is 1.52 bits per heavy atom. The van der Waals surface area contributed by atoms with E-state index in [0.717, 1.165) is 9.87 Å². The van der Waals surface area contributed by atoms with E-state index < -0.39 is 34.3 Å². The van der Waals surface area contributed by atoms with Crippen LogP contribution in [-0.4, -0.2) is 43.8 Å². The van der Waals surface area contributed by atoms with Crippen molar-refractivity contribution >= 4 is 27.5 Å². The van der Waals surface area contributed by atoms with Crippen LogP contribution in [0.5, 0.6) is 0 Å². The van der Waals surface area contributed by atoms with Crippen LogP contribution in [-0.2, 0) is 26.2 Å². The molecule has 0 aromatic heterocycles. The quantitative estimate of drug-likeness (QED) is 0.319. The molecular weight excluding hydrogens is 529 g/mol. The molecule has 0 fully saturated rings. The number of rotatable bonds is 12. The SMILES string of the molecule is CC[C@H](C(=O)N[C@@H](C)CC)N(Cc1ccc(F)cc1)C(=O)CN(c1ccccc1C)S(=O)(=O)c1ccc(C)cc1. The van der Waals surface area contributed by atoms with Crippen LogP contribution in [0.3, 0.4) is 0 Å². The van der Waals surface area contributed by atoms with E-state index in [1.54, 1.807) is 62.4 Å². The van der Waals surface area contributed by atoms with Gasteiger partial charge >= 0.3 is 0 Å². The average Bonchev–Trinajstić information content (AvgIpc) is 2.93. The van der Waals surface area contributed by atoms with Crippen molar-refractivity contribution in [2.75, 3.05) is 10.8 Å². The molecule has 3 aromatic carbocycles. The van der Waals surface area contributed by atoms with E-state index in [-0.39, 0.29) is 23.4 Å². The predicted octanol–water partition coefficient (Wildman–Crippen LogP) is 5.36. The molecule has 0 unspecified atom stereocenters. The lowest BCUT2D eigenvalue weighted by Gasteiger charge is -2.34. The van der Waals surface area contributed by atoms with E-state index in [4.69, 9.17) is 0 Å². The second-order valence-corrected chi connectivity index (χ2v) is 11.9. The molecule has 3 rings (SSSR count). The van der Waals surface area contributed by atoms with Crippen LogP contribution >= 0.6 is 0 Å². The first-order chi connectivity index (χ1) is 19.0. The fourth-order valence-corrected chi connectivity index (χ4v) is 5.82. The monoisotopic (exact) mass is 567 g/mol. The summed E-state index contributed by atoms with van der Waals surface area (Å²) in [6.07, 6.45) is 1.02. The summed E-state index contributed by atoms with van der Waals surface area (Å²) in [6.45, 7) is 8.76. The third kappa shape index (κ3) is 7.47. The van der Waals surface area contributed by atoms with Gasteiger partial charge in [-0.25, -0.2) is 12.8 Å². The minimum Gasteiger partial charge on any atom is -0.352 e. The molecule has 2 amide bonds. The summed E-state index contributed by atoms with van der Waals surface area (Å²) < 4.78 is 42.6. The average molecular weight is 568 g/mol. The first-order valence-corrected chi connectivity index (χ1v) is 14.9. The molecule has 40 heavy (non-hydrogen) atoms. The summed E-state index contributed by atoms with van der Waals surface area (Å²) in [5.74, 6) is -1.29. The molecule has 7 nitrogen and oxygen atoms in total. The van der Waals surface area contributed by atoms with Crippen LogP contribution in [0.4, 0.5) is 10.1 Å². The third-order valence-corrected chi connectivity index (χ3v) is 8.70. The van der Waals surface area contributed by atoms with Crippen LogP contribution in [0.2, 0.25) is 0 Å². The number of benzene rings is 3. The number of carbonyl (C=O) groups excluding carboxylic acids is 2. The third-order valence-electron chi connectivity index (χ3n) is 6.93. The number of nitrogens with one attached hydrogen (secondary N) is 1. The molecule has 214 valence electrons. The van der Waals surface area contributed by atoms with Crippen molar-refractivity contribution in [2.24, 2.45) is 0 Å². The van der Waals surface area contributed by atoms with Gasteiger partial charge in [0, 0.05) is 12.6 Å². The summed E-state index contributed by atoms with van der Waals surface area (Å²) in [4.78, 5) is 28.8. The van der Waals surface area contributed by atoms with Crippen molar-refractivity contribution in [3.63, 3.8) is 0 Å². The number of hydrogen-bond acceptors (Lipinski definition) is 4. The molecule has 0 heterocycles. The Bertz CT molecular complexity index is 1410. The van der Waals surface area contributed by atoms with Gasteiger partial charge in [-0.2, -0.15) is 0 Å². The molecule has 2 atom stereocenters. The van der Waals surface area contributed by atoms with Gasteiger partial charge in [0.05, 0.1) is 10.6 Å². The number of aryl methyl sites for hydroxylation is 2. The Morgan fingerprint density at radius 3 is 2.10 bits per heavy atom. The zero-order valence-corrected chi connectivity index (χ0v) is 24.5. The molecule has 0 radical (unpaired) electrons. The highest BCUT2D eigenvalue weighted by atomic mass is 32.2. The number of para-hydroxylation sites is 1. The van der Waals surface area contributed by atoms with Crippen molar-refractivity contribution in [3.8, 4) is 0 Å². The van der Waals surface area contributed by atoms with Crippen LogP contribution in [0.1, 0.15) is 50.3 Å². The topological polar surface area (TPSA) is 86.8 Å². The van der Waals surface area contributed by atoms with Crippen LogP contribution in [0.25, 0.3) is 0 Å². The maximum absolute atomic E-state index is 14.1. The Kier molecular flexibility index (Phi) is 10.5. The summed E-state index contributed by atoms with van der Waals surface area (Å²) in [6, 6.07) is 18.1. The Morgan fingerprint density at radius 1 is 0.900 bits per heavy atom. The van der Waals surface area contributed by atoms with Gasteiger partial charge < -0.3 is 10.2 Å². The predicted molar refractivity (Wildman–Crippen MR) is 156 cm³/mol. The van der Waals surface area contributed by atoms with Crippen LogP contribution < -0.4 is 9.62 Å². The molecule has 1 N–H and O–H groups in total. The Labute approximate surface area is 237 Å². The van der Waals surface area contributed by atoms with Gasteiger partial charge in [-0.05, 0) is 75.1 Å². The fourth-order valence-electron chi connectivity index (χ4n) is 4.34. The van der Waals surface area contributed by atoms with Crippen molar-refractivity contribution in [3.05, 3.63) is 95.3 Å². The normalized spacial score (nSPS) is 12.8. The van der Waals surface area contributed by atoms with E-state index in [1.165, 1.54) is 29.2 Å². The lowest BCUT2D eigenvalue weighted by atomic mass is 10.1. The molecule has 0 bridgehead atoms. The lowest BCUT2D eigenvalue weighted by Crippen LogP contribution is -2.53. The molecule has 3 aromatic rings. The van der Waals surface area contributed by atoms with Crippen molar-refractivity contribution in [2.45, 2.75) is 71.0 Å². The first kappa shape index (κ1) is 30.8. The number of hydrogen-bond donors (Lipinski definition) is 1. The fraction of sp³-hybridized carbons (Fsp3) is 0.355. The number of carbonyl (C=O) groups is 2. The minimum absolute atomic E-state index is 0.0116. The summed E-state index contributed by atoms with van der Waals surface area (Å²) >= 11 is 0. The largest absolute Gasteiger partial charge is 0.352 e. The van der Waals surface area contributed by atoms with Crippen molar-refractivity contribution in [1.29, 1.82) is 0 Å². The zero-order valence-electron chi connectivity index (χ0n) is 23.7. The van der Waals surface area contributed by atoms with Crippen molar-refractivity contribution < 1.29 is 22.4 Å². The molecule has 0 aliphatic rings. The van der Waals surface area contributed by atoms with Gasteiger partial charge in [-0.15, -0.1) is 0 Å². The molecule has 0 spiro atoms. The Hall–Kier alpha value is -3.72. The minimum atomic E-state index is -4.14. The van der Waals surface area contributed by atoms with Gasteiger partial charge in [0.1, 0.15) is 18.4 Å². The summed E-state index contributed by atoms with van der Waals surface area (Å²) in [5.41, 5.74) is 2.57. The maximum atomic E-state index is 14.1. The second kappa shape index (κ2) is 13.6. The van der Waals surface area contributed by atoms with E-state index in [0.29, 0.717) is 29.7 Å². The number of anilines is 1. The smallest absolute Gasteiger partial charge is 0.264 e. The standard InChI is InChI=1S/C31H38FN3O4S/c1-6-24(5)33-31(37)28(7-2)34(20-25-14-16-26(32)17-15-25)30(36)21-35(29-11-9-8-10-23(29)4)40(38,39)27-18-12-22(3)13-19-27/h8-19,24,28H,6-7,20-21H2,1-5H3,(H,33,37)/t24-,28+/m0/s1. The number of nitrogens with zero attached hydrogens (tertiary/aromatic N) is 2. The lowest BCUT2D eigenvalue weighted by molar-refractivity contribution is -0.140. The molecule has 0 saturated heterocycles. The van der Waals surface area contributed by atoms with Gasteiger partial charge in [0.15, 0.2) is 0 Å². The highest BCUT2D eigenvalue weighted by molar-refractivity contribution is 7.92. The summed E-state index contributed by atoms with van der Waals surface area (Å²) in [7, 11) is -4.14. The van der Waals surface area contributed by atoms with Gasteiger partial charge in [0.2, 0.25) is 11.8 Å².